The minimum Gasteiger partial charge on any atom is -0.379 e. The Morgan fingerprint density at radius 1 is 1.00 bits per heavy atom. The Balaban J connectivity index is 1.76. The number of halogens is 4. The van der Waals surface area contributed by atoms with Gasteiger partial charge in [-0.3, -0.25) is 4.90 Å². The van der Waals surface area contributed by atoms with Crippen LogP contribution in [-0.4, -0.2) is 57.0 Å². The second-order valence-electron chi connectivity index (χ2n) is 7.29. The fourth-order valence-electron chi connectivity index (χ4n) is 3.34. The molecule has 1 saturated heterocycles. The summed E-state index contributed by atoms with van der Waals surface area (Å²) >= 11 is 5.88. The van der Waals surface area contributed by atoms with Crippen molar-refractivity contribution in [3.63, 3.8) is 0 Å². The van der Waals surface area contributed by atoms with Gasteiger partial charge in [0.25, 0.3) is 0 Å². The zero-order chi connectivity index (χ0) is 22.5. The molecule has 170 valence electrons. The monoisotopic (exact) mass is 476 g/mol. The highest BCUT2D eigenvalue weighted by molar-refractivity contribution is 7.89. The van der Waals surface area contributed by atoms with Crippen LogP contribution in [-0.2, 0) is 27.5 Å². The first-order chi connectivity index (χ1) is 14.7. The first kappa shape index (κ1) is 24.0. The fourth-order valence-corrected chi connectivity index (χ4v) is 4.93. The minimum atomic E-state index is -4.44. The van der Waals surface area contributed by atoms with Crippen LogP contribution >= 0.6 is 11.6 Å². The fraction of sp³-hybridized carbons (Fsp3) is 0.429. The van der Waals surface area contributed by atoms with E-state index >= 15 is 0 Å². The van der Waals surface area contributed by atoms with Crippen molar-refractivity contribution in [1.82, 2.24) is 9.21 Å². The lowest BCUT2D eigenvalue weighted by Crippen LogP contribution is -2.39. The molecule has 1 aliphatic heterocycles. The SMILES string of the molecule is O=S(=O)(c1ccc(Cl)cc1)N(CCCN1CCOCC1)Cc1ccc(C(F)(F)F)cc1. The number of ether oxygens (including phenoxy) is 1. The van der Waals surface area contributed by atoms with Crippen LogP contribution in [0.3, 0.4) is 0 Å². The standard InChI is InChI=1S/C21H24ClF3N2O3S/c22-19-6-8-20(9-7-19)31(28,29)27(11-1-10-26-12-14-30-15-13-26)16-17-2-4-18(5-3-17)21(23,24)25/h2-9H,1,10-16H2. The van der Waals surface area contributed by atoms with Crippen LogP contribution in [0, 0.1) is 0 Å². The average Bonchev–Trinajstić information content (AvgIpc) is 2.74. The van der Waals surface area contributed by atoms with E-state index in [0.29, 0.717) is 36.8 Å². The Morgan fingerprint density at radius 3 is 2.19 bits per heavy atom. The van der Waals surface area contributed by atoms with E-state index in [0.717, 1.165) is 25.2 Å². The summed E-state index contributed by atoms with van der Waals surface area (Å²) in [5.41, 5.74) is -0.285. The summed E-state index contributed by atoms with van der Waals surface area (Å²) in [6.07, 6.45) is -3.85. The maximum absolute atomic E-state index is 13.2. The van der Waals surface area contributed by atoms with Gasteiger partial charge in [0.1, 0.15) is 0 Å². The van der Waals surface area contributed by atoms with E-state index in [1.165, 1.54) is 40.7 Å². The first-order valence-corrected chi connectivity index (χ1v) is 11.7. The van der Waals surface area contributed by atoms with Crippen LogP contribution in [0.5, 0.6) is 0 Å². The molecule has 0 aromatic heterocycles. The normalized spacial score (nSPS) is 16.0. The molecule has 31 heavy (non-hydrogen) atoms. The number of sulfonamides is 1. The second kappa shape index (κ2) is 10.3. The summed E-state index contributed by atoms with van der Waals surface area (Å²) in [6, 6.07) is 10.4. The van der Waals surface area contributed by atoms with Crippen LogP contribution in [0.4, 0.5) is 13.2 Å². The Hall–Kier alpha value is -1.65. The van der Waals surface area contributed by atoms with E-state index in [9.17, 15) is 21.6 Å². The number of hydrogen-bond donors (Lipinski definition) is 0. The first-order valence-electron chi connectivity index (χ1n) is 9.88. The van der Waals surface area contributed by atoms with E-state index in [1.807, 2.05) is 0 Å². The van der Waals surface area contributed by atoms with E-state index in [-0.39, 0.29) is 18.0 Å². The van der Waals surface area contributed by atoms with Crippen molar-refractivity contribution in [1.29, 1.82) is 0 Å². The molecule has 0 aliphatic carbocycles. The number of hydrogen-bond acceptors (Lipinski definition) is 4. The zero-order valence-electron chi connectivity index (χ0n) is 16.8. The molecule has 0 bridgehead atoms. The molecule has 0 saturated carbocycles. The molecule has 1 fully saturated rings. The summed E-state index contributed by atoms with van der Waals surface area (Å²) in [7, 11) is -3.85. The Kier molecular flexibility index (Phi) is 7.98. The van der Waals surface area contributed by atoms with Gasteiger partial charge < -0.3 is 4.74 Å². The molecule has 1 heterocycles. The number of benzene rings is 2. The van der Waals surface area contributed by atoms with Gasteiger partial charge in [0.2, 0.25) is 10.0 Å². The van der Waals surface area contributed by atoms with Gasteiger partial charge in [-0.2, -0.15) is 17.5 Å². The largest absolute Gasteiger partial charge is 0.416 e. The Bertz CT molecular complexity index is 945. The molecule has 0 radical (unpaired) electrons. The molecule has 0 atom stereocenters. The van der Waals surface area contributed by atoms with Gasteiger partial charge in [0.05, 0.1) is 23.7 Å². The molecule has 5 nitrogen and oxygen atoms in total. The van der Waals surface area contributed by atoms with Crippen molar-refractivity contribution < 1.29 is 26.3 Å². The van der Waals surface area contributed by atoms with Gasteiger partial charge in [-0.05, 0) is 54.9 Å². The maximum atomic E-state index is 13.2. The van der Waals surface area contributed by atoms with E-state index in [4.69, 9.17) is 16.3 Å². The van der Waals surface area contributed by atoms with Gasteiger partial charge in [0, 0.05) is 31.2 Å². The zero-order valence-corrected chi connectivity index (χ0v) is 18.4. The van der Waals surface area contributed by atoms with E-state index in [2.05, 4.69) is 4.90 Å². The van der Waals surface area contributed by atoms with Crippen LogP contribution < -0.4 is 0 Å². The smallest absolute Gasteiger partial charge is 0.379 e. The van der Waals surface area contributed by atoms with Crippen LogP contribution in [0.2, 0.25) is 5.02 Å². The molecule has 10 heteroatoms. The lowest BCUT2D eigenvalue weighted by atomic mass is 10.1. The van der Waals surface area contributed by atoms with Gasteiger partial charge in [-0.25, -0.2) is 8.42 Å². The average molecular weight is 477 g/mol. The van der Waals surface area contributed by atoms with Crippen molar-refractivity contribution in [2.75, 3.05) is 39.4 Å². The van der Waals surface area contributed by atoms with Crippen molar-refractivity contribution >= 4 is 21.6 Å². The minimum absolute atomic E-state index is 0.0216. The number of rotatable bonds is 8. The molecular weight excluding hydrogens is 453 g/mol. The molecule has 2 aromatic carbocycles. The molecule has 3 rings (SSSR count). The van der Waals surface area contributed by atoms with Crippen molar-refractivity contribution in [2.45, 2.75) is 24.0 Å². The number of nitrogens with zero attached hydrogens (tertiary/aromatic N) is 2. The van der Waals surface area contributed by atoms with Crippen molar-refractivity contribution in [3.05, 3.63) is 64.7 Å². The molecule has 2 aromatic rings. The highest BCUT2D eigenvalue weighted by Gasteiger charge is 2.30. The predicted octanol–water partition coefficient (Wildman–Crippen LogP) is 4.27. The molecule has 0 amide bonds. The van der Waals surface area contributed by atoms with Crippen molar-refractivity contribution in [2.24, 2.45) is 0 Å². The van der Waals surface area contributed by atoms with Crippen molar-refractivity contribution in [3.8, 4) is 0 Å². The topological polar surface area (TPSA) is 49.9 Å². The lowest BCUT2D eigenvalue weighted by molar-refractivity contribution is -0.137. The Morgan fingerprint density at radius 2 is 1.61 bits per heavy atom. The highest BCUT2D eigenvalue weighted by Crippen LogP contribution is 2.29. The maximum Gasteiger partial charge on any atom is 0.416 e. The third-order valence-electron chi connectivity index (χ3n) is 5.08. The summed E-state index contributed by atoms with van der Waals surface area (Å²) in [4.78, 5) is 2.30. The summed E-state index contributed by atoms with van der Waals surface area (Å²) in [5, 5.41) is 0.417. The third kappa shape index (κ3) is 6.66. The number of alkyl halides is 3. The molecular formula is C21H24ClF3N2O3S. The molecule has 0 unspecified atom stereocenters. The van der Waals surface area contributed by atoms with E-state index in [1.54, 1.807) is 0 Å². The van der Waals surface area contributed by atoms with Gasteiger partial charge in [-0.15, -0.1) is 0 Å². The Labute approximate surface area is 185 Å². The lowest BCUT2D eigenvalue weighted by Gasteiger charge is -2.28. The van der Waals surface area contributed by atoms with Crippen LogP contribution in [0.15, 0.2) is 53.4 Å². The van der Waals surface area contributed by atoms with Gasteiger partial charge in [0.15, 0.2) is 0 Å². The summed E-state index contributed by atoms with van der Waals surface area (Å²) < 4.78 is 71.6. The number of morpholine rings is 1. The predicted molar refractivity (Wildman–Crippen MR) is 112 cm³/mol. The van der Waals surface area contributed by atoms with E-state index < -0.39 is 21.8 Å². The van der Waals surface area contributed by atoms with Crippen LogP contribution in [0.25, 0.3) is 0 Å². The molecule has 0 N–H and O–H groups in total. The highest BCUT2D eigenvalue weighted by atomic mass is 35.5. The van der Waals surface area contributed by atoms with Crippen LogP contribution in [0.1, 0.15) is 17.5 Å². The molecule has 0 spiro atoms. The third-order valence-corrected chi connectivity index (χ3v) is 7.19. The summed E-state index contributed by atoms with van der Waals surface area (Å²) in [6.45, 7) is 3.82. The summed E-state index contributed by atoms with van der Waals surface area (Å²) in [5.74, 6) is 0. The van der Waals surface area contributed by atoms with Gasteiger partial charge >= 0.3 is 6.18 Å². The second-order valence-corrected chi connectivity index (χ2v) is 9.67. The van der Waals surface area contributed by atoms with Gasteiger partial charge in [-0.1, -0.05) is 23.7 Å². The molecule has 1 aliphatic rings. The quantitative estimate of drug-likeness (QED) is 0.571.